The molecule has 0 heteroatoms. The molecule has 2 aliphatic rings. The number of fused-ring (bicyclic) bond motifs is 1. The van der Waals surface area contributed by atoms with E-state index in [-0.39, 0.29) is 0 Å². The Kier molecular flexibility index (Phi) is 2.53. The van der Waals surface area contributed by atoms with Gasteiger partial charge in [-0.05, 0) is 38.4 Å². The maximum atomic E-state index is 2.24. The topological polar surface area (TPSA) is 0 Å². The van der Waals surface area contributed by atoms with Crippen molar-refractivity contribution < 1.29 is 0 Å². The third-order valence-corrected chi connectivity index (χ3v) is 3.85. The van der Waals surface area contributed by atoms with Crippen molar-refractivity contribution in [2.45, 2.75) is 0 Å². The van der Waals surface area contributed by atoms with Crippen LogP contribution in [0.4, 0.5) is 0 Å². The summed E-state index contributed by atoms with van der Waals surface area (Å²) in [5.74, 6) is 0. The summed E-state index contributed by atoms with van der Waals surface area (Å²) in [6, 6.07) is 23.2. The number of benzene rings is 3. The zero-order valence-corrected chi connectivity index (χ0v) is 11.1. The van der Waals surface area contributed by atoms with E-state index in [1.807, 2.05) is 0 Å². The van der Waals surface area contributed by atoms with E-state index in [0.29, 0.717) is 0 Å². The summed E-state index contributed by atoms with van der Waals surface area (Å²) in [5.41, 5.74) is 2.80. The molecule has 0 unspecified atom stereocenters. The van der Waals surface area contributed by atoms with E-state index >= 15 is 0 Å². The van der Waals surface area contributed by atoms with Crippen molar-refractivity contribution in [1.82, 2.24) is 0 Å². The van der Waals surface area contributed by atoms with Crippen LogP contribution in [0.15, 0.2) is 72.8 Å². The van der Waals surface area contributed by atoms with Crippen molar-refractivity contribution >= 4 is 28.5 Å². The molecule has 3 aromatic carbocycles. The first-order chi connectivity index (χ1) is 9.92. The molecule has 20 heavy (non-hydrogen) atoms. The average Bonchev–Trinajstić information content (AvgIpc) is 3.00. The molecule has 5 rings (SSSR count). The van der Waals surface area contributed by atoms with Gasteiger partial charge in [0.15, 0.2) is 0 Å². The molecule has 0 atom stereocenters. The van der Waals surface area contributed by atoms with Crippen molar-refractivity contribution in [2.24, 2.45) is 0 Å². The Morgan fingerprint density at radius 3 is 1.75 bits per heavy atom. The fourth-order valence-electron chi connectivity index (χ4n) is 2.84. The second-order valence-electron chi connectivity index (χ2n) is 5.09. The van der Waals surface area contributed by atoms with Gasteiger partial charge in [-0.1, -0.05) is 78.9 Å². The second kappa shape index (κ2) is 4.50. The van der Waals surface area contributed by atoms with Gasteiger partial charge in [-0.15, -0.1) is 0 Å². The van der Waals surface area contributed by atoms with Crippen molar-refractivity contribution in [1.29, 1.82) is 0 Å². The van der Waals surface area contributed by atoms with Crippen LogP contribution < -0.4 is 10.4 Å². The number of hydrogen-bond donors (Lipinski definition) is 0. The lowest BCUT2D eigenvalue weighted by Gasteiger charge is -1.92. The summed E-state index contributed by atoms with van der Waals surface area (Å²) in [6.45, 7) is 0. The van der Waals surface area contributed by atoms with Gasteiger partial charge in [-0.25, -0.2) is 0 Å². The maximum Gasteiger partial charge on any atom is -0.0105 e. The average molecular weight is 254 g/mol. The first-order valence-electron chi connectivity index (χ1n) is 6.89. The second-order valence-corrected chi connectivity index (χ2v) is 5.09. The summed E-state index contributed by atoms with van der Waals surface area (Å²) in [4.78, 5) is 0. The molecule has 0 saturated carbocycles. The van der Waals surface area contributed by atoms with Crippen LogP contribution in [0.2, 0.25) is 0 Å². The Hall–Kier alpha value is -2.60. The van der Waals surface area contributed by atoms with E-state index in [1.54, 1.807) is 0 Å². The monoisotopic (exact) mass is 254 g/mol. The van der Waals surface area contributed by atoms with Crippen molar-refractivity contribution in [3.63, 3.8) is 0 Å². The fraction of sp³-hybridized carbons (Fsp3) is 0. The summed E-state index contributed by atoms with van der Waals surface area (Å²) in [5, 5.41) is 5.42. The van der Waals surface area contributed by atoms with Crippen LogP contribution in [-0.2, 0) is 0 Å². The van der Waals surface area contributed by atoms with Gasteiger partial charge in [0.05, 0.1) is 0 Å². The van der Waals surface area contributed by atoms with Crippen molar-refractivity contribution in [2.75, 3.05) is 0 Å². The van der Waals surface area contributed by atoms with Crippen LogP contribution in [0, 0.1) is 0 Å². The molecule has 94 valence electrons. The molecule has 0 heterocycles. The van der Waals surface area contributed by atoms with Gasteiger partial charge in [0.1, 0.15) is 0 Å². The first kappa shape index (κ1) is 11.2. The zero-order valence-electron chi connectivity index (χ0n) is 11.1. The van der Waals surface area contributed by atoms with Crippen molar-refractivity contribution in [3.05, 3.63) is 88.8 Å². The Morgan fingerprint density at radius 1 is 0.550 bits per heavy atom. The molecule has 0 saturated heterocycles. The molecule has 3 aromatic rings. The maximum absolute atomic E-state index is 2.24. The summed E-state index contributed by atoms with van der Waals surface area (Å²) in [6.07, 6.45) is 6.61. The Balaban J connectivity index is 0.000000106. The number of allylic oxidation sites excluding steroid dienone is 2. The number of rotatable bonds is 0. The van der Waals surface area contributed by atoms with E-state index in [1.165, 1.54) is 32.3 Å². The predicted octanol–water partition coefficient (Wildman–Crippen LogP) is 3.50. The highest BCUT2D eigenvalue weighted by molar-refractivity contribution is 5.98. The van der Waals surface area contributed by atoms with E-state index < -0.39 is 0 Å². The highest BCUT2D eigenvalue weighted by Gasteiger charge is 2.10. The highest BCUT2D eigenvalue weighted by atomic mass is 14.1. The van der Waals surface area contributed by atoms with Gasteiger partial charge in [0.2, 0.25) is 0 Å². The fourth-order valence-corrected chi connectivity index (χ4v) is 2.84. The molecule has 0 radical (unpaired) electrons. The molecule has 0 aromatic heterocycles. The van der Waals surface area contributed by atoms with Gasteiger partial charge in [-0.2, -0.15) is 0 Å². The first-order valence-corrected chi connectivity index (χ1v) is 6.89. The van der Waals surface area contributed by atoms with E-state index in [4.69, 9.17) is 0 Å². The quantitative estimate of drug-likeness (QED) is 0.576. The van der Waals surface area contributed by atoms with Crippen LogP contribution in [0.25, 0.3) is 28.5 Å². The van der Waals surface area contributed by atoms with Crippen LogP contribution in [-0.4, -0.2) is 0 Å². The molecule has 0 spiro atoms. The molecular formula is C20H14. The van der Waals surface area contributed by atoms with Gasteiger partial charge in [0, 0.05) is 0 Å². The van der Waals surface area contributed by atoms with Crippen LogP contribution in [0.1, 0.15) is 5.56 Å². The normalized spacial score (nSPS) is 13.1. The number of hydrogen-bond acceptors (Lipinski definition) is 0. The minimum absolute atomic E-state index is 1.31. The molecular weight excluding hydrogens is 240 g/mol. The Labute approximate surface area is 118 Å². The smallest absolute Gasteiger partial charge is 0.0105 e. The van der Waals surface area contributed by atoms with Gasteiger partial charge >= 0.3 is 0 Å². The summed E-state index contributed by atoms with van der Waals surface area (Å²) in [7, 11) is 0. The standard InChI is InChI=1S/C10H6.C10H8/c1-2-7-6-8-4-5-10(7)9(8)3-1;1-2-6-10-8-4-3-7-9(10)5-1/h1-6H;1-8H. The van der Waals surface area contributed by atoms with Gasteiger partial charge < -0.3 is 0 Å². The predicted molar refractivity (Wildman–Crippen MR) is 86.5 cm³/mol. The zero-order chi connectivity index (χ0) is 13.4. The van der Waals surface area contributed by atoms with Gasteiger partial charge in [0.25, 0.3) is 0 Å². The van der Waals surface area contributed by atoms with E-state index in [2.05, 4.69) is 85.0 Å². The van der Waals surface area contributed by atoms with Crippen molar-refractivity contribution in [3.8, 4) is 0 Å². The molecule has 0 amide bonds. The molecule has 2 aliphatic carbocycles. The Morgan fingerprint density at radius 2 is 1.20 bits per heavy atom. The lowest BCUT2D eigenvalue weighted by atomic mass is 10.1. The largest absolute Gasteiger partial charge is 0.0616 e. The third kappa shape index (κ3) is 1.78. The molecule has 0 N–H and O–H groups in total. The lowest BCUT2D eigenvalue weighted by Crippen LogP contribution is -2.21. The minimum Gasteiger partial charge on any atom is -0.0616 e. The van der Waals surface area contributed by atoms with E-state index in [9.17, 15) is 0 Å². The SMILES string of the molecule is C1=C2C=c3cccc2c3=C1.c1ccc2ccccc2c1. The lowest BCUT2D eigenvalue weighted by molar-refractivity contribution is 1.54. The molecule has 0 aliphatic heterocycles. The van der Waals surface area contributed by atoms with Crippen LogP contribution in [0.5, 0.6) is 0 Å². The summed E-state index contributed by atoms with van der Waals surface area (Å²) >= 11 is 0. The van der Waals surface area contributed by atoms with Crippen LogP contribution >= 0.6 is 0 Å². The van der Waals surface area contributed by atoms with Crippen LogP contribution in [0.3, 0.4) is 0 Å². The molecule has 0 nitrogen and oxygen atoms in total. The Bertz CT molecular complexity index is 878. The highest BCUT2D eigenvalue weighted by Crippen LogP contribution is 2.18. The molecule has 0 fully saturated rings. The summed E-state index contributed by atoms with van der Waals surface area (Å²) < 4.78 is 0. The minimum atomic E-state index is 1.31. The van der Waals surface area contributed by atoms with E-state index in [0.717, 1.165) is 0 Å². The molecule has 4 bridgehead atoms. The third-order valence-electron chi connectivity index (χ3n) is 3.85. The van der Waals surface area contributed by atoms with Gasteiger partial charge in [-0.3, -0.25) is 0 Å².